The number of hydrogen-bond donors (Lipinski definition) is 1. The second-order valence-electron chi connectivity index (χ2n) is 3.04. The average molecular weight is 256 g/mol. The Bertz CT molecular complexity index is 393. The van der Waals surface area contributed by atoms with Crippen molar-refractivity contribution in [2.24, 2.45) is 5.73 Å². The fourth-order valence-corrected chi connectivity index (χ4v) is 1.83. The molecule has 3 nitrogen and oxygen atoms in total. The number of aryl methyl sites for hydroxylation is 1. The van der Waals surface area contributed by atoms with Crippen LogP contribution in [0.15, 0.2) is 38.0 Å². The quantitative estimate of drug-likeness (QED) is 0.898. The van der Waals surface area contributed by atoms with E-state index in [1.165, 1.54) is 0 Å². The lowest BCUT2D eigenvalue weighted by molar-refractivity contribution is 0.479. The fourth-order valence-electron chi connectivity index (χ4n) is 1.39. The zero-order chi connectivity index (χ0) is 10.1. The summed E-state index contributed by atoms with van der Waals surface area (Å²) in [4.78, 5) is 0. The van der Waals surface area contributed by atoms with E-state index in [9.17, 15) is 0 Å². The number of nitrogens with two attached hydrogens (primary N) is 1. The van der Waals surface area contributed by atoms with Crippen LogP contribution in [0.2, 0.25) is 0 Å². The normalized spacial score (nSPS) is 13.1. The lowest BCUT2D eigenvalue weighted by atomic mass is 10.1. The lowest BCUT2D eigenvalue weighted by Crippen LogP contribution is -2.11. The lowest BCUT2D eigenvalue weighted by Gasteiger charge is -2.07. The van der Waals surface area contributed by atoms with E-state index in [4.69, 9.17) is 14.6 Å². The molecule has 2 aromatic rings. The van der Waals surface area contributed by atoms with Crippen LogP contribution < -0.4 is 5.73 Å². The van der Waals surface area contributed by atoms with E-state index in [0.29, 0.717) is 0 Å². The predicted molar refractivity (Wildman–Crippen MR) is 55.9 cm³/mol. The molecule has 2 N–H and O–H groups in total. The van der Waals surface area contributed by atoms with Crippen LogP contribution in [-0.4, -0.2) is 0 Å². The minimum Gasteiger partial charge on any atom is -0.469 e. The molecular weight excluding hydrogens is 246 g/mol. The summed E-state index contributed by atoms with van der Waals surface area (Å²) in [7, 11) is 0. The van der Waals surface area contributed by atoms with Crippen LogP contribution in [0.4, 0.5) is 0 Å². The van der Waals surface area contributed by atoms with Gasteiger partial charge in [0.2, 0.25) is 0 Å². The molecule has 2 aromatic heterocycles. The molecule has 0 saturated carbocycles. The van der Waals surface area contributed by atoms with Crippen molar-refractivity contribution >= 4 is 15.9 Å². The van der Waals surface area contributed by atoms with Crippen LogP contribution in [0.25, 0.3) is 0 Å². The van der Waals surface area contributed by atoms with Gasteiger partial charge in [-0.3, -0.25) is 0 Å². The summed E-state index contributed by atoms with van der Waals surface area (Å²) >= 11 is 3.37. The molecule has 4 heteroatoms. The average Bonchev–Trinajstić information content (AvgIpc) is 2.73. The highest BCUT2D eigenvalue weighted by Gasteiger charge is 2.18. The van der Waals surface area contributed by atoms with Crippen molar-refractivity contribution in [3.63, 3.8) is 0 Å². The van der Waals surface area contributed by atoms with Crippen molar-refractivity contribution < 1.29 is 8.83 Å². The summed E-state index contributed by atoms with van der Waals surface area (Å²) < 4.78 is 11.4. The Labute approximate surface area is 90.0 Å². The molecule has 1 atom stereocenters. The van der Waals surface area contributed by atoms with Crippen LogP contribution in [0.1, 0.15) is 23.1 Å². The SMILES string of the molecule is Cc1occc1C(N)c1occc1Br. The smallest absolute Gasteiger partial charge is 0.139 e. The molecule has 0 aliphatic carbocycles. The number of hydrogen-bond acceptors (Lipinski definition) is 3. The Hall–Kier alpha value is -1.00. The van der Waals surface area contributed by atoms with Crippen molar-refractivity contribution in [2.45, 2.75) is 13.0 Å². The summed E-state index contributed by atoms with van der Waals surface area (Å²) in [6, 6.07) is 3.40. The Kier molecular flexibility index (Phi) is 2.48. The van der Waals surface area contributed by atoms with Gasteiger partial charge in [0.1, 0.15) is 11.5 Å². The Balaban J connectivity index is 2.38. The third kappa shape index (κ3) is 1.51. The molecule has 0 radical (unpaired) electrons. The molecule has 0 saturated heterocycles. The van der Waals surface area contributed by atoms with Crippen LogP contribution in [0.3, 0.4) is 0 Å². The van der Waals surface area contributed by atoms with Gasteiger partial charge in [0.05, 0.1) is 23.0 Å². The van der Waals surface area contributed by atoms with Crippen LogP contribution in [-0.2, 0) is 0 Å². The zero-order valence-electron chi connectivity index (χ0n) is 7.66. The summed E-state index contributed by atoms with van der Waals surface area (Å²) in [6.07, 6.45) is 3.23. The van der Waals surface area contributed by atoms with Gasteiger partial charge in [0, 0.05) is 5.56 Å². The van der Waals surface area contributed by atoms with Gasteiger partial charge < -0.3 is 14.6 Å². The molecule has 0 spiro atoms. The first kappa shape index (κ1) is 9.55. The Morgan fingerprint density at radius 3 is 2.50 bits per heavy atom. The maximum Gasteiger partial charge on any atom is 0.139 e. The molecule has 0 bridgehead atoms. The zero-order valence-corrected chi connectivity index (χ0v) is 9.24. The highest BCUT2D eigenvalue weighted by atomic mass is 79.9. The summed E-state index contributed by atoms with van der Waals surface area (Å²) in [5.74, 6) is 1.54. The van der Waals surface area contributed by atoms with E-state index < -0.39 is 0 Å². The number of furan rings is 2. The second kappa shape index (κ2) is 3.63. The minimum absolute atomic E-state index is 0.280. The van der Waals surface area contributed by atoms with Gasteiger partial charge in [-0.2, -0.15) is 0 Å². The first-order valence-corrected chi connectivity index (χ1v) is 5.02. The maximum atomic E-state index is 6.02. The van der Waals surface area contributed by atoms with Crippen molar-refractivity contribution in [3.8, 4) is 0 Å². The van der Waals surface area contributed by atoms with E-state index in [0.717, 1.165) is 21.6 Å². The van der Waals surface area contributed by atoms with Gasteiger partial charge in [0.15, 0.2) is 0 Å². The van der Waals surface area contributed by atoms with Gasteiger partial charge in [-0.05, 0) is 35.0 Å². The van der Waals surface area contributed by atoms with Crippen molar-refractivity contribution in [1.29, 1.82) is 0 Å². The molecule has 2 heterocycles. The molecule has 2 rings (SSSR count). The summed E-state index contributed by atoms with van der Waals surface area (Å²) in [5.41, 5.74) is 6.97. The van der Waals surface area contributed by atoms with Crippen molar-refractivity contribution in [1.82, 2.24) is 0 Å². The van der Waals surface area contributed by atoms with Crippen molar-refractivity contribution in [3.05, 3.63) is 46.2 Å². The third-order valence-electron chi connectivity index (χ3n) is 2.16. The Morgan fingerprint density at radius 2 is 2.00 bits per heavy atom. The molecule has 0 aliphatic rings. The number of rotatable bonds is 2. The van der Waals surface area contributed by atoms with Gasteiger partial charge in [-0.15, -0.1) is 0 Å². The van der Waals surface area contributed by atoms with Gasteiger partial charge >= 0.3 is 0 Å². The van der Waals surface area contributed by atoms with E-state index >= 15 is 0 Å². The monoisotopic (exact) mass is 255 g/mol. The largest absolute Gasteiger partial charge is 0.469 e. The highest BCUT2D eigenvalue weighted by Crippen LogP contribution is 2.29. The van der Waals surface area contributed by atoms with Crippen LogP contribution >= 0.6 is 15.9 Å². The van der Waals surface area contributed by atoms with Crippen LogP contribution in [0, 0.1) is 6.92 Å². The van der Waals surface area contributed by atoms with E-state index in [2.05, 4.69) is 15.9 Å². The molecule has 14 heavy (non-hydrogen) atoms. The molecule has 0 aliphatic heterocycles. The van der Waals surface area contributed by atoms with Gasteiger partial charge in [-0.1, -0.05) is 0 Å². The maximum absolute atomic E-state index is 6.02. The predicted octanol–water partition coefficient (Wildman–Crippen LogP) is 2.99. The van der Waals surface area contributed by atoms with Gasteiger partial charge in [0.25, 0.3) is 0 Å². The molecule has 0 fully saturated rings. The van der Waals surface area contributed by atoms with Crippen LogP contribution in [0.5, 0.6) is 0 Å². The fraction of sp³-hybridized carbons (Fsp3) is 0.200. The second-order valence-corrected chi connectivity index (χ2v) is 3.90. The summed E-state index contributed by atoms with van der Waals surface area (Å²) in [5, 5.41) is 0. The molecule has 1 unspecified atom stereocenters. The number of halogens is 1. The molecular formula is C10H10BrNO2. The van der Waals surface area contributed by atoms with Crippen molar-refractivity contribution in [2.75, 3.05) is 0 Å². The van der Waals surface area contributed by atoms with E-state index in [1.807, 2.05) is 19.1 Å². The van der Waals surface area contributed by atoms with E-state index in [1.54, 1.807) is 12.5 Å². The van der Waals surface area contributed by atoms with E-state index in [-0.39, 0.29) is 6.04 Å². The minimum atomic E-state index is -0.280. The topological polar surface area (TPSA) is 52.3 Å². The molecule has 0 aromatic carbocycles. The van der Waals surface area contributed by atoms with Gasteiger partial charge in [-0.25, -0.2) is 0 Å². The summed E-state index contributed by atoms with van der Waals surface area (Å²) in [6.45, 7) is 1.88. The standard InChI is InChI=1S/C10H10BrNO2/c1-6-7(2-4-13-6)9(12)10-8(11)3-5-14-10/h2-5,9H,12H2,1H3. The first-order valence-electron chi connectivity index (χ1n) is 4.22. The molecule has 0 amide bonds. The first-order chi connectivity index (χ1) is 6.70. The Morgan fingerprint density at radius 1 is 1.29 bits per heavy atom. The highest BCUT2D eigenvalue weighted by molar-refractivity contribution is 9.10. The third-order valence-corrected chi connectivity index (χ3v) is 2.82. The molecule has 74 valence electrons.